The Morgan fingerprint density at radius 1 is 1.26 bits per heavy atom. The molecule has 0 saturated carbocycles. The molecule has 27 heavy (non-hydrogen) atoms. The van der Waals surface area contributed by atoms with Gasteiger partial charge in [-0.1, -0.05) is 37.2 Å². The molecule has 0 amide bonds. The predicted molar refractivity (Wildman–Crippen MR) is 116 cm³/mol. The molecular weight excluding hydrogens is 358 g/mol. The highest BCUT2D eigenvalue weighted by atomic mass is 35.5. The summed E-state index contributed by atoms with van der Waals surface area (Å²) in [6.45, 7) is 10.6. The molecule has 0 saturated heterocycles. The molecule has 0 spiro atoms. The van der Waals surface area contributed by atoms with Crippen LogP contribution in [0.2, 0.25) is 5.02 Å². The van der Waals surface area contributed by atoms with Crippen molar-refractivity contribution in [1.29, 1.82) is 0 Å². The third-order valence-corrected chi connectivity index (χ3v) is 4.53. The Kier molecular flexibility index (Phi) is 8.34. The van der Waals surface area contributed by atoms with E-state index in [-0.39, 0.29) is 0 Å². The van der Waals surface area contributed by atoms with Crippen molar-refractivity contribution in [2.75, 3.05) is 25.5 Å². The van der Waals surface area contributed by atoms with Crippen LogP contribution < -0.4 is 10.6 Å². The van der Waals surface area contributed by atoms with Gasteiger partial charge in [-0.05, 0) is 49.6 Å². The summed E-state index contributed by atoms with van der Waals surface area (Å²) in [5, 5.41) is 7.42. The standard InChI is InChI=1S/C22H30ClN3O/c1-5-7-17(2)27-15-6-13-25-21-12-14-26(22(21)18(3)24-4)16-19-8-10-20(23)11-9-19/h7-12,14,24-25H,3,5-6,13,15-16H2,1-2,4H3/b17-7+. The molecule has 146 valence electrons. The van der Waals surface area contributed by atoms with Gasteiger partial charge in [0.2, 0.25) is 0 Å². The molecule has 0 bridgehead atoms. The Bertz CT molecular complexity index is 762. The summed E-state index contributed by atoms with van der Waals surface area (Å²) in [6, 6.07) is 10.0. The number of benzene rings is 1. The number of anilines is 1. The highest BCUT2D eigenvalue weighted by Gasteiger charge is 2.12. The summed E-state index contributed by atoms with van der Waals surface area (Å²) in [6.07, 6.45) is 6.11. The number of nitrogens with one attached hydrogen (secondary N) is 2. The van der Waals surface area contributed by atoms with Crippen LogP contribution in [0.25, 0.3) is 5.70 Å². The van der Waals surface area contributed by atoms with E-state index >= 15 is 0 Å². The Morgan fingerprint density at radius 2 is 2.00 bits per heavy atom. The van der Waals surface area contributed by atoms with Gasteiger partial charge in [0.25, 0.3) is 0 Å². The lowest BCUT2D eigenvalue weighted by Gasteiger charge is -2.15. The number of ether oxygens (including phenoxy) is 1. The van der Waals surface area contributed by atoms with Crippen molar-refractivity contribution in [3.63, 3.8) is 0 Å². The molecule has 0 aliphatic heterocycles. The number of rotatable bonds is 11. The summed E-state index contributed by atoms with van der Waals surface area (Å²) in [4.78, 5) is 0. The molecule has 1 aromatic carbocycles. The third-order valence-electron chi connectivity index (χ3n) is 4.28. The van der Waals surface area contributed by atoms with E-state index in [1.165, 1.54) is 5.56 Å². The smallest absolute Gasteiger partial charge is 0.0893 e. The Balaban J connectivity index is 1.99. The number of aromatic nitrogens is 1. The van der Waals surface area contributed by atoms with E-state index in [9.17, 15) is 0 Å². The van der Waals surface area contributed by atoms with Crippen LogP contribution in [0.15, 0.2) is 54.9 Å². The molecule has 1 aromatic heterocycles. The quantitative estimate of drug-likeness (QED) is 0.394. The maximum Gasteiger partial charge on any atom is 0.0893 e. The van der Waals surface area contributed by atoms with Gasteiger partial charge in [0, 0.05) is 31.4 Å². The predicted octanol–water partition coefficient (Wildman–Crippen LogP) is 5.51. The molecule has 2 aromatic rings. The molecule has 1 heterocycles. The average molecular weight is 388 g/mol. The van der Waals surface area contributed by atoms with Crippen molar-refractivity contribution in [3.05, 3.63) is 71.2 Å². The first-order valence-electron chi connectivity index (χ1n) is 9.39. The lowest BCUT2D eigenvalue weighted by Crippen LogP contribution is -2.13. The van der Waals surface area contributed by atoms with E-state index in [0.29, 0.717) is 6.61 Å². The van der Waals surface area contributed by atoms with Crippen LogP contribution in [0.3, 0.4) is 0 Å². The summed E-state index contributed by atoms with van der Waals surface area (Å²) in [7, 11) is 1.89. The topological polar surface area (TPSA) is 38.2 Å². The van der Waals surface area contributed by atoms with Gasteiger partial charge in [-0.2, -0.15) is 0 Å². The van der Waals surface area contributed by atoms with Crippen molar-refractivity contribution < 1.29 is 4.74 Å². The van der Waals surface area contributed by atoms with Crippen molar-refractivity contribution in [2.45, 2.75) is 33.2 Å². The fourth-order valence-corrected chi connectivity index (χ4v) is 2.99. The first-order chi connectivity index (χ1) is 13.0. The second-order valence-corrected chi connectivity index (χ2v) is 6.85. The Labute approximate surface area is 167 Å². The molecule has 2 rings (SSSR count). The van der Waals surface area contributed by atoms with E-state index in [0.717, 1.165) is 53.8 Å². The summed E-state index contributed by atoms with van der Waals surface area (Å²) in [5.74, 6) is 0.996. The van der Waals surface area contributed by atoms with Crippen LogP contribution in [0.1, 0.15) is 37.9 Å². The van der Waals surface area contributed by atoms with Crippen molar-refractivity contribution >= 4 is 23.0 Å². The normalized spacial score (nSPS) is 11.3. The SMILES string of the molecule is C=C(NC)c1c(NCCCO/C(C)=C/CC)ccn1Cc1ccc(Cl)cc1. The number of halogens is 1. The van der Waals surface area contributed by atoms with E-state index in [1.54, 1.807) is 0 Å². The van der Waals surface area contributed by atoms with Gasteiger partial charge in [-0.25, -0.2) is 0 Å². The zero-order valence-corrected chi connectivity index (χ0v) is 17.3. The van der Waals surface area contributed by atoms with Crippen molar-refractivity contribution in [2.24, 2.45) is 0 Å². The Morgan fingerprint density at radius 3 is 2.67 bits per heavy atom. The molecule has 5 heteroatoms. The zero-order chi connectivity index (χ0) is 19.6. The highest BCUT2D eigenvalue weighted by Crippen LogP contribution is 2.24. The molecule has 4 nitrogen and oxygen atoms in total. The minimum Gasteiger partial charge on any atom is -0.499 e. The lowest BCUT2D eigenvalue weighted by atomic mass is 10.2. The maximum absolute atomic E-state index is 5.99. The number of hydrogen-bond acceptors (Lipinski definition) is 3. The molecule has 0 aliphatic rings. The summed E-state index contributed by atoms with van der Waals surface area (Å²) in [5.41, 5.74) is 4.22. The minimum atomic E-state index is 0.711. The van der Waals surface area contributed by atoms with Gasteiger partial charge < -0.3 is 19.9 Å². The number of hydrogen-bond donors (Lipinski definition) is 2. The van der Waals surface area contributed by atoms with Crippen LogP contribution >= 0.6 is 11.6 Å². The summed E-state index contributed by atoms with van der Waals surface area (Å²) < 4.78 is 7.88. The van der Waals surface area contributed by atoms with Gasteiger partial charge in [-0.3, -0.25) is 0 Å². The number of allylic oxidation sites excluding steroid dienone is 2. The van der Waals surface area contributed by atoms with Gasteiger partial charge in [-0.15, -0.1) is 0 Å². The highest BCUT2D eigenvalue weighted by molar-refractivity contribution is 6.30. The van der Waals surface area contributed by atoms with Gasteiger partial charge >= 0.3 is 0 Å². The van der Waals surface area contributed by atoms with E-state index in [2.05, 4.69) is 47.0 Å². The molecular formula is C22H30ClN3O. The largest absolute Gasteiger partial charge is 0.499 e. The molecule has 0 radical (unpaired) electrons. The monoisotopic (exact) mass is 387 g/mol. The van der Waals surface area contributed by atoms with Crippen LogP contribution in [0, 0.1) is 0 Å². The van der Waals surface area contributed by atoms with Crippen LogP contribution in [-0.2, 0) is 11.3 Å². The van der Waals surface area contributed by atoms with Gasteiger partial charge in [0.05, 0.1) is 29.4 Å². The molecule has 0 unspecified atom stereocenters. The fourth-order valence-electron chi connectivity index (χ4n) is 2.86. The van der Waals surface area contributed by atoms with Crippen molar-refractivity contribution in [1.82, 2.24) is 9.88 Å². The minimum absolute atomic E-state index is 0.711. The molecule has 0 atom stereocenters. The summed E-state index contributed by atoms with van der Waals surface area (Å²) >= 11 is 5.99. The lowest BCUT2D eigenvalue weighted by molar-refractivity contribution is 0.212. The van der Waals surface area contributed by atoms with E-state index in [4.69, 9.17) is 16.3 Å². The average Bonchev–Trinajstić information content (AvgIpc) is 3.05. The third kappa shape index (κ3) is 6.40. The van der Waals surface area contributed by atoms with Gasteiger partial charge in [0.15, 0.2) is 0 Å². The van der Waals surface area contributed by atoms with Crippen molar-refractivity contribution in [3.8, 4) is 0 Å². The van der Waals surface area contributed by atoms with E-state index < -0.39 is 0 Å². The zero-order valence-electron chi connectivity index (χ0n) is 16.5. The second-order valence-electron chi connectivity index (χ2n) is 6.41. The maximum atomic E-state index is 5.99. The first-order valence-corrected chi connectivity index (χ1v) is 9.77. The fraction of sp³-hybridized carbons (Fsp3) is 0.364. The van der Waals surface area contributed by atoms with Gasteiger partial charge in [0.1, 0.15) is 0 Å². The first kappa shape index (κ1) is 21.0. The van der Waals surface area contributed by atoms with Crippen LogP contribution in [-0.4, -0.2) is 24.8 Å². The molecule has 2 N–H and O–H groups in total. The number of nitrogens with zero attached hydrogens (tertiary/aromatic N) is 1. The molecule has 0 fully saturated rings. The van der Waals surface area contributed by atoms with Crippen LogP contribution in [0.5, 0.6) is 0 Å². The second kappa shape index (κ2) is 10.7. The Hall–Kier alpha value is -2.33. The molecule has 0 aliphatic carbocycles. The van der Waals surface area contributed by atoms with Crippen LogP contribution in [0.4, 0.5) is 5.69 Å². The van der Waals surface area contributed by atoms with E-state index in [1.807, 2.05) is 38.2 Å².